The van der Waals surface area contributed by atoms with Crippen LogP contribution in [0, 0.1) is 11.7 Å². The Hall–Kier alpha value is -3.76. The van der Waals surface area contributed by atoms with Gasteiger partial charge in [0.25, 0.3) is 0 Å². The van der Waals surface area contributed by atoms with Gasteiger partial charge in [-0.05, 0) is 37.0 Å². The first-order valence-electron chi connectivity index (χ1n) is 11.5. The van der Waals surface area contributed by atoms with Gasteiger partial charge in [0.15, 0.2) is 17.3 Å². The number of hydrogen-bond donors (Lipinski definition) is 1. The number of carbonyl (C=O) groups excluding carboxylic acids is 1. The molecule has 1 aliphatic rings. The molecule has 2 heterocycles. The minimum absolute atomic E-state index is 0.0348. The van der Waals surface area contributed by atoms with Crippen LogP contribution in [0.5, 0.6) is 11.5 Å². The molecule has 8 nitrogen and oxygen atoms in total. The molecule has 1 unspecified atom stereocenters. The van der Waals surface area contributed by atoms with Gasteiger partial charge in [0.2, 0.25) is 0 Å². The van der Waals surface area contributed by atoms with Crippen LogP contribution in [0.1, 0.15) is 33.6 Å². The van der Waals surface area contributed by atoms with E-state index in [9.17, 15) is 18.0 Å². The van der Waals surface area contributed by atoms with E-state index in [2.05, 4.69) is 15.3 Å². The minimum Gasteiger partial charge on any atom is -0.494 e. The van der Waals surface area contributed by atoms with Crippen LogP contribution in [0.3, 0.4) is 0 Å². The Morgan fingerprint density at radius 2 is 2.00 bits per heavy atom. The van der Waals surface area contributed by atoms with Crippen molar-refractivity contribution in [2.75, 3.05) is 23.9 Å². The number of fused-ring (bicyclic) bond motifs is 1. The number of amides is 1. The molecule has 0 spiro atoms. The monoisotopic (exact) mass is 504 g/mol. The number of cyclic esters (lactones) is 1. The summed E-state index contributed by atoms with van der Waals surface area (Å²) in [7, 11) is 1.35. The summed E-state index contributed by atoms with van der Waals surface area (Å²) in [5, 5.41) is 3.27. The number of carbonyl (C=O) groups is 1. The van der Waals surface area contributed by atoms with Crippen LogP contribution in [-0.2, 0) is 4.74 Å². The topological polar surface area (TPSA) is 85.8 Å². The van der Waals surface area contributed by atoms with E-state index in [0.29, 0.717) is 18.2 Å². The third-order valence-corrected chi connectivity index (χ3v) is 6.05. The smallest absolute Gasteiger partial charge is 0.415 e. The van der Waals surface area contributed by atoms with Crippen molar-refractivity contribution in [2.24, 2.45) is 5.92 Å². The van der Waals surface area contributed by atoms with Crippen molar-refractivity contribution < 1.29 is 32.2 Å². The van der Waals surface area contributed by atoms with E-state index in [4.69, 9.17) is 14.2 Å². The average Bonchev–Trinajstić information content (AvgIpc) is 3.15. The molecule has 0 aliphatic carbocycles. The average molecular weight is 505 g/mol. The maximum Gasteiger partial charge on any atom is 0.415 e. The molecule has 1 saturated heterocycles. The molecule has 0 bridgehead atoms. The first kappa shape index (κ1) is 25.3. The Morgan fingerprint density at radius 3 is 2.67 bits per heavy atom. The highest BCUT2D eigenvalue weighted by molar-refractivity contribution is 6.00. The summed E-state index contributed by atoms with van der Waals surface area (Å²) < 4.78 is 56.9. The first-order chi connectivity index (χ1) is 17.2. The summed E-state index contributed by atoms with van der Waals surface area (Å²) in [6.07, 6.45) is 1.71. The maximum atomic E-state index is 14.8. The van der Waals surface area contributed by atoms with Crippen molar-refractivity contribution >= 4 is 34.2 Å². The molecule has 1 amide bonds. The molecule has 3 aromatic rings. The van der Waals surface area contributed by atoms with E-state index >= 15 is 0 Å². The summed E-state index contributed by atoms with van der Waals surface area (Å²) in [5.74, 6) is -0.383. The summed E-state index contributed by atoms with van der Waals surface area (Å²) in [4.78, 5) is 22.6. The Kier molecular flexibility index (Phi) is 7.09. The predicted molar refractivity (Wildman–Crippen MR) is 129 cm³/mol. The molecule has 0 saturated carbocycles. The number of anilines is 3. The largest absolute Gasteiger partial charge is 0.494 e. The Morgan fingerprint density at radius 1 is 1.22 bits per heavy atom. The molecule has 36 heavy (non-hydrogen) atoms. The Labute approximate surface area is 206 Å². The lowest BCUT2D eigenvalue weighted by atomic mass is 9.90. The number of benzene rings is 2. The number of methoxy groups -OCH3 is 1. The van der Waals surface area contributed by atoms with Gasteiger partial charge >= 0.3 is 12.7 Å². The fourth-order valence-corrected chi connectivity index (χ4v) is 4.45. The van der Waals surface area contributed by atoms with Gasteiger partial charge in [-0.3, -0.25) is 4.90 Å². The molecule has 1 aliphatic heterocycles. The number of aromatic nitrogens is 2. The number of nitrogens with one attached hydrogen (secondary N) is 1. The van der Waals surface area contributed by atoms with Crippen LogP contribution in [0.15, 0.2) is 36.7 Å². The van der Waals surface area contributed by atoms with Gasteiger partial charge in [-0.2, -0.15) is 8.78 Å². The van der Waals surface area contributed by atoms with Crippen molar-refractivity contribution in [1.82, 2.24) is 9.97 Å². The van der Waals surface area contributed by atoms with Crippen LogP contribution in [0.4, 0.5) is 35.2 Å². The van der Waals surface area contributed by atoms with Crippen molar-refractivity contribution in [3.63, 3.8) is 0 Å². The Bertz CT molecular complexity index is 1270. The van der Waals surface area contributed by atoms with Crippen LogP contribution in [-0.4, -0.2) is 41.9 Å². The molecular formula is C25H27F3N4O4. The van der Waals surface area contributed by atoms with Gasteiger partial charge in [0.1, 0.15) is 17.7 Å². The van der Waals surface area contributed by atoms with E-state index in [1.165, 1.54) is 42.6 Å². The number of ether oxygens (including phenoxy) is 3. The van der Waals surface area contributed by atoms with Crippen molar-refractivity contribution in [1.29, 1.82) is 0 Å². The fourth-order valence-electron chi connectivity index (χ4n) is 4.45. The highest BCUT2D eigenvalue weighted by atomic mass is 19.3. The molecule has 4 rings (SSSR count). The third-order valence-electron chi connectivity index (χ3n) is 6.05. The standard InChI is InChI=1S/C25H27F3N4O4/c1-5-25(11-14(2)3)12-32(24(33)36-25)18-9-15-17(10-20(18)35-23(27)28)29-13-30-22(15)31-16-7-6-8-19(34-4)21(16)26/h6-10,13-14,23H,5,11-12H2,1-4H3,(H,29,30,31). The lowest BCUT2D eigenvalue weighted by Gasteiger charge is -2.27. The molecule has 192 valence electrons. The highest BCUT2D eigenvalue weighted by Gasteiger charge is 2.45. The van der Waals surface area contributed by atoms with E-state index in [0.717, 1.165) is 0 Å². The molecule has 1 aromatic heterocycles. The van der Waals surface area contributed by atoms with Crippen molar-refractivity contribution in [3.8, 4) is 11.5 Å². The van der Waals surface area contributed by atoms with Crippen molar-refractivity contribution in [3.05, 3.63) is 42.5 Å². The molecule has 1 fully saturated rings. The van der Waals surface area contributed by atoms with Crippen LogP contribution >= 0.6 is 0 Å². The normalized spacial score (nSPS) is 17.7. The summed E-state index contributed by atoms with van der Waals surface area (Å²) >= 11 is 0. The lowest BCUT2D eigenvalue weighted by Crippen LogP contribution is -2.35. The number of alkyl halides is 2. The zero-order valence-electron chi connectivity index (χ0n) is 20.3. The van der Waals surface area contributed by atoms with E-state index in [-0.39, 0.29) is 46.7 Å². The van der Waals surface area contributed by atoms with Crippen molar-refractivity contribution in [2.45, 2.75) is 45.8 Å². The quantitative estimate of drug-likeness (QED) is 0.367. The number of rotatable bonds is 9. The number of halogens is 3. The van der Waals surface area contributed by atoms with E-state index < -0.39 is 24.1 Å². The third kappa shape index (κ3) is 4.95. The van der Waals surface area contributed by atoms with Gasteiger partial charge in [-0.15, -0.1) is 0 Å². The molecule has 1 N–H and O–H groups in total. The predicted octanol–water partition coefficient (Wildman–Crippen LogP) is 6.27. The molecule has 11 heteroatoms. The van der Waals surface area contributed by atoms with Gasteiger partial charge in [0.05, 0.1) is 30.5 Å². The van der Waals surface area contributed by atoms with Gasteiger partial charge < -0.3 is 19.5 Å². The fraction of sp³-hybridized carbons (Fsp3) is 0.400. The number of hydrogen-bond acceptors (Lipinski definition) is 7. The zero-order chi connectivity index (χ0) is 26.0. The SMILES string of the molecule is CCC1(CC(C)C)CN(c2cc3c(Nc4cccc(OC)c4F)ncnc3cc2OC(F)F)C(=O)O1. The lowest BCUT2D eigenvalue weighted by molar-refractivity contribution is -0.0494. The molecular weight excluding hydrogens is 477 g/mol. The van der Waals surface area contributed by atoms with Gasteiger partial charge in [-0.25, -0.2) is 19.2 Å². The minimum atomic E-state index is -3.13. The summed E-state index contributed by atoms with van der Waals surface area (Å²) in [6.45, 7) is 2.97. The second-order valence-corrected chi connectivity index (χ2v) is 8.97. The Balaban J connectivity index is 1.81. The molecule has 1 atom stereocenters. The molecule has 0 radical (unpaired) electrons. The van der Waals surface area contributed by atoms with Crippen LogP contribution in [0.2, 0.25) is 0 Å². The summed E-state index contributed by atoms with van der Waals surface area (Å²) in [6, 6.07) is 7.34. The van der Waals surface area contributed by atoms with Gasteiger partial charge in [0, 0.05) is 11.5 Å². The zero-order valence-corrected chi connectivity index (χ0v) is 20.3. The highest BCUT2D eigenvalue weighted by Crippen LogP contribution is 2.42. The van der Waals surface area contributed by atoms with Gasteiger partial charge in [-0.1, -0.05) is 26.8 Å². The van der Waals surface area contributed by atoms with E-state index in [1.54, 1.807) is 6.07 Å². The second-order valence-electron chi connectivity index (χ2n) is 8.97. The second kappa shape index (κ2) is 10.1. The summed E-state index contributed by atoms with van der Waals surface area (Å²) in [5.41, 5.74) is -0.339. The molecule has 2 aromatic carbocycles. The maximum absolute atomic E-state index is 14.8. The van der Waals surface area contributed by atoms with E-state index in [1.807, 2.05) is 20.8 Å². The number of nitrogens with zero attached hydrogens (tertiary/aromatic N) is 3. The van der Waals surface area contributed by atoms with Crippen LogP contribution < -0.4 is 19.7 Å². The van der Waals surface area contributed by atoms with Crippen LogP contribution in [0.25, 0.3) is 10.9 Å². The first-order valence-corrected chi connectivity index (χ1v) is 11.5.